The van der Waals surface area contributed by atoms with Crippen molar-refractivity contribution >= 4 is 40.3 Å². The summed E-state index contributed by atoms with van der Waals surface area (Å²) in [5, 5.41) is 21.7. The van der Waals surface area contributed by atoms with Crippen LogP contribution < -0.4 is 5.32 Å². The number of ether oxygens (including phenoxy) is 1. The molecule has 0 heterocycles. The molecule has 2 aromatic rings. The molecule has 6 nitrogen and oxygen atoms in total. The maximum absolute atomic E-state index is 12.4. The van der Waals surface area contributed by atoms with E-state index in [1.807, 2.05) is 13.0 Å². The fourth-order valence-electron chi connectivity index (χ4n) is 2.72. The maximum Gasteiger partial charge on any atom is 0.412 e. The number of phenolic OH excluding ortho intramolecular Hbond substituents is 1. The summed E-state index contributed by atoms with van der Waals surface area (Å²) in [6.07, 6.45) is 2.44. The number of carbonyl (C=O) groups excluding carboxylic acids is 1. The van der Waals surface area contributed by atoms with Crippen molar-refractivity contribution in [2.45, 2.75) is 25.9 Å². The average molecular weight is 495 g/mol. The predicted molar refractivity (Wildman–Crippen MR) is 115 cm³/mol. The third kappa shape index (κ3) is 6.88. The average Bonchev–Trinajstić information content (AvgIpc) is 2.66. The molecule has 7 heteroatoms. The Balaban J connectivity index is 2.16. The topological polar surface area (TPSA) is 95.9 Å². The van der Waals surface area contributed by atoms with Crippen molar-refractivity contribution in [2.24, 2.45) is 5.92 Å². The zero-order chi connectivity index (χ0) is 20.5. The number of carboxylic acid groups (broad SMARTS) is 1. The first-order valence-electron chi connectivity index (χ1n) is 8.77. The summed E-state index contributed by atoms with van der Waals surface area (Å²) in [5.74, 6) is -1.10. The molecule has 0 fully saturated rings. The molecule has 28 heavy (non-hydrogen) atoms. The van der Waals surface area contributed by atoms with E-state index >= 15 is 0 Å². The molecule has 2 rings (SSSR count). The van der Waals surface area contributed by atoms with Gasteiger partial charge in [-0.05, 0) is 71.7 Å². The van der Waals surface area contributed by atoms with Crippen LogP contribution in [-0.4, -0.2) is 22.3 Å². The van der Waals surface area contributed by atoms with Gasteiger partial charge in [-0.2, -0.15) is 0 Å². The molecule has 0 aliphatic rings. The highest BCUT2D eigenvalue weighted by molar-refractivity contribution is 14.1. The molecular weight excluding hydrogens is 473 g/mol. The van der Waals surface area contributed by atoms with E-state index in [1.165, 1.54) is 0 Å². The number of anilines is 1. The number of hydrogen-bond donors (Lipinski definition) is 3. The Morgan fingerprint density at radius 3 is 2.61 bits per heavy atom. The van der Waals surface area contributed by atoms with Crippen LogP contribution >= 0.6 is 22.6 Å². The van der Waals surface area contributed by atoms with Crippen molar-refractivity contribution in [1.29, 1.82) is 0 Å². The van der Waals surface area contributed by atoms with Crippen LogP contribution in [-0.2, 0) is 9.53 Å². The molecule has 0 spiro atoms. The Morgan fingerprint density at radius 1 is 1.21 bits per heavy atom. The summed E-state index contributed by atoms with van der Waals surface area (Å²) >= 11 is 2.13. The first-order chi connectivity index (χ1) is 13.4. The lowest BCUT2D eigenvalue weighted by molar-refractivity contribution is -0.131. The first-order valence-corrected chi connectivity index (χ1v) is 9.85. The van der Waals surface area contributed by atoms with Crippen LogP contribution in [0.15, 0.2) is 60.7 Å². The number of halogens is 1. The molecule has 2 aromatic carbocycles. The second kappa shape index (κ2) is 10.7. The van der Waals surface area contributed by atoms with E-state index in [9.17, 15) is 14.7 Å². The van der Waals surface area contributed by atoms with Gasteiger partial charge in [0.25, 0.3) is 0 Å². The van der Waals surface area contributed by atoms with Crippen molar-refractivity contribution in [2.75, 3.05) is 5.32 Å². The van der Waals surface area contributed by atoms with Gasteiger partial charge in [0.15, 0.2) is 0 Å². The molecule has 0 aliphatic heterocycles. The van der Waals surface area contributed by atoms with E-state index < -0.39 is 18.2 Å². The summed E-state index contributed by atoms with van der Waals surface area (Å²) in [6.45, 7) is 1.90. The molecule has 3 N–H and O–H groups in total. The SMILES string of the molecule is C[C@H](CC/C=C/C(=O)O)[C@H](OC(=O)Nc1ccccc1)c1cc(I)ccc1O. The lowest BCUT2D eigenvalue weighted by Gasteiger charge is -2.25. The molecule has 0 saturated carbocycles. The summed E-state index contributed by atoms with van der Waals surface area (Å²) < 4.78 is 6.57. The zero-order valence-corrected chi connectivity index (χ0v) is 17.5. The van der Waals surface area contributed by atoms with Crippen molar-refractivity contribution < 1.29 is 24.5 Å². The van der Waals surface area contributed by atoms with Gasteiger partial charge < -0.3 is 14.9 Å². The van der Waals surface area contributed by atoms with Gasteiger partial charge in [0.1, 0.15) is 11.9 Å². The van der Waals surface area contributed by atoms with Crippen molar-refractivity contribution in [3.05, 3.63) is 69.8 Å². The minimum Gasteiger partial charge on any atom is -0.508 e. The molecule has 2 atom stereocenters. The largest absolute Gasteiger partial charge is 0.508 e. The number of amides is 1. The first kappa shape index (κ1) is 21.7. The third-order valence-electron chi connectivity index (χ3n) is 4.12. The van der Waals surface area contributed by atoms with Crippen LogP contribution in [0, 0.1) is 9.49 Å². The standard InChI is InChI=1S/C21H22INO5/c1-14(7-5-6-10-19(25)26)20(17-13-15(22)11-12-18(17)24)28-21(27)23-16-8-3-2-4-9-16/h2-4,6,8-14,20,24H,5,7H2,1H3,(H,23,27)(H,25,26)/b10-6+/t14-,20+/m1/s1. The molecular formula is C21H22INO5. The summed E-state index contributed by atoms with van der Waals surface area (Å²) in [4.78, 5) is 23.0. The van der Waals surface area contributed by atoms with Gasteiger partial charge in [-0.25, -0.2) is 9.59 Å². The molecule has 0 bridgehead atoms. The molecule has 0 unspecified atom stereocenters. The van der Waals surface area contributed by atoms with Crippen LogP contribution in [0.4, 0.5) is 10.5 Å². The number of phenols is 1. The minimum atomic E-state index is -1.00. The lowest BCUT2D eigenvalue weighted by atomic mass is 9.92. The number of benzene rings is 2. The zero-order valence-electron chi connectivity index (χ0n) is 15.3. The summed E-state index contributed by atoms with van der Waals surface area (Å²) in [6, 6.07) is 14.1. The van der Waals surface area contributed by atoms with Gasteiger partial charge in [0, 0.05) is 20.9 Å². The minimum absolute atomic E-state index is 0.0471. The van der Waals surface area contributed by atoms with Crippen LogP contribution in [0.5, 0.6) is 5.75 Å². The highest BCUT2D eigenvalue weighted by Crippen LogP contribution is 2.36. The molecule has 0 aliphatic carbocycles. The smallest absolute Gasteiger partial charge is 0.412 e. The van der Waals surface area contributed by atoms with Crippen LogP contribution in [0.25, 0.3) is 0 Å². The number of aliphatic carboxylic acids is 1. The molecule has 148 valence electrons. The Labute approximate surface area is 177 Å². The number of para-hydroxylation sites is 1. The van der Waals surface area contributed by atoms with Crippen LogP contribution in [0.1, 0.15) is 31.4 Å². The maximum atomic E-state index is 12.4. The number of allylic oxidation sites excluding steroid dienone is 1. The van der Waals surface area contributed by atoms with Crippen LogP contribution in [0.3, 0.4) is 0 Å². The van der Waals surface area contributed by atoms with Gasteiger partial charge in [0.05, 0.1) is 0 Å². The third-order valence-corrected chi connectivity index (χ3v) is 4.79. The summed E-state index contributed by atoms with van der Waals surface area (Å²) in [5.41, 5.74) is 1.12. The lowest BCUT2D eigenvalue weighted by Crippen LogP contribution is -2.22. The number of carbonyl (C=O) groups is 2. The quantitative estimate of drug-likeness (QED) is 0.339. The number of carboxylic acids is 1. The molecule has 0 radical (unpaired) electrons. The Hall–Kier alpha value is -2.55. The number of aromatic hydroxyl groups is 1. The van der Waals surface area contributed by atoms with E-state index in [2.05, 4.69) is 27.9 Å². The monoisotopic (exact) mass is 495 g/mol. The second-order valence-corrected chi connectivity index (χ2v) is 7.56. The fourth-order valence-corrected chi connectivity index (χ4v) is 3.23. The molecule has 1 amide bonds. The van der Waals surface area contributed by atoms with Gasteiger partial charge in [-0.3, -0.25) is 5.32 Å². The van der Waals surface area contributed by atoms with Crippen molar-refractivity contribution in [3.63, 3.8) is 0 Å². The normalized spacial score (nSPS) is 13.1. The van der Waals surface area contributed by atoms with Crippen molar-refractivity contribution in [3.8, 4) is 5.75 Å². The Morgan fingerprint density at radius 2 is 1.93 bits per heavy atom. The number of hydrogen-bond acceptors (Lipinski definition) is 4. The van der Waals surface area contributed by atoms with E-state index in [0.29, 0.717) is 24.1 Å². The number of rotatable bonds is 8. The van der Waals surface area contributed by atoms with Crippen LogP contribution in [0.2, 0.25) is 0 Å². The Bertz CT molecular complexity index is 838. The van der Waals surface area contributed by atoms with E-state index in [-0.39, 0.29) is 11.7 Å². The van der Waals surface area contributed by atoms with E-state index in [1.54, 1.807) is 48.5 Å². The van der Waals surface area contributed by atoms with Gasteiger partial charge in [0.2, 0.25) is 0 Å². The molecule has 0 saturated heterocycles. The van der Waals surface area contributed by atoms with E-state index in [4.69, 9.17) is 9.84 Å². The second-order valence-electron chi connectivity index (χ2n) is 6.32. The predicted octanol–water partition coefficient (Wildman–Crippen LogP) is 5.34. The highest BCUT2D eigenvalue weighted by Gasteiger charge is 2.26. The highest BCUT2D eigenvalue weighted by atomic mass is 127. The van der Waals surface area contributed by atoms with Gasteiger partial charge in [-0.1, -0.05) is 31.2 Å². The number of nitrogens with one attached hydrogen (secondary N) is 1. The van der Waals surface area contributed by atoms with Crippen molar-refractivity contribution in [1.82, 2.24) is 0 Å². The summed E-state index contributed by atoms with van der Waals surface area (Å²) in [7, 11) is 0. The van der Waals surface area contributed by atoms with Gasteiger partial charge in [-0.15, -0.1) is 0 Å². The van der Waals surface area contributed by atoms with Gasteiger partial charge >= 0.3 is 12.1 Å². The van der Waals surface area contributed by atoms with E-state index in [0.717, 1.165) is 9.65 Å². The Kier molecular flexibility index (Phi) is 8.31. The fraction of sp³-hybridized carbons (Fsp3) is 0.238. The molecule has 0 aromatic heterocycles.